The van der Waals surface area contributed by atoms with Crippen LogP contribution >= 0.6 is 0 Å². The Morgan fingerprint density at radius 2 is 0.490 bits per heavy atom. The van der Waals surface area contributed by atoms with Crippen molar-refractivity contribution in [1.29, 1.82) is 0 Å². The molecule has 0 atom stereocenters. The number of hydrogen-bond donors (Lipinski definition) is 0. The molecule has 0 aliphatic heterocycles. The molecule has 0 aromatic heterocycles. The zero-order valence-electron chi connectivity index (χ0n) is 56.5. The average Bonchev–Trinajstić information content (AvgIpc) is 1.37. The molecule has 0 saturated carbocycles. The fourth-order valence-electron chi connectivity index (χ4n) is 17.7. The molecule has 100 heavy (non-hydrogen) atoms. The normalized spacial score (nSPS) is 13.2. The van der Waals surface area contributed by atoms with Gasteiger partial charge in [0.15, 0.2) is 0 Å². The smallest absolute Gasteiger partial charge is 0.0165 e. The van der Waals surface area contributed by atoms with Crippen LogP contribution in [-0.2, 0) is 10.8 Å². The summed E-state index contributed by atoms with van der Waals surface area (Å²) in [6.07, 6.45) is 0. The molecule has 0 amide bonds. The van der Waals surface area contributed by atoms with E-state index in [2.05, 4.69) is 380 Å². The van der Waals surface area contributed by atoms with Gasteiger partial charge in [-0.05, 0) is 222 Å². The molecular formula is C100H70. The second-order valence-corrected chi connectivity index (χ2v) is 28.5. The SMILES string of the molecule is CC1(C)c2ccc(-c3c4ccccc4c(-c4cccc(-c5ccccc5)c4)c4ccccc34)cc2-c2ccc3ccccc3c21.CC1(C)c2ccc(-c3ccc(-c4c5ccccc5c(-c5ccccc5-c5ccc6ccccc6c5)c5ccccc45)cc3)cc2-c2ccc3ccccc3c21. The van der Waals surface area contributed by atoms with Crippen LogP contribution in [0.15, 0.2) is 352 Å². The number of rotatable bonds is 7. The zero-order valence-corrected chi connectivity index (χ0v) is 56.5. The maximum absolute atomic E-state index is 2.46. The molecule has 18 aromatic rings. The van der Waals surface area contributed by atoms with Crippen LogP contribution < -0.4 is 0 Å². The second kappa shape index (κ2) is 23.2. The minimum atomic E-state index is -0.0676. The highest BCUT2D eigenvalue weighted by Crippen LogP contribution is 2.56. The minimum Gasteiger partial charge on any atom is -0.0622 e. The minimum absolute atomic E-state index is 0.0574. The molecule has 0 heteroatoms. The van der Waals surface area contributed by atoms with Crippen LogP contribution in [0.5, 0.6) is 0 Å². The van der Waals surface area contributed by atoms with Crippen LogP contribution in [0.2, 0.25) is 0 Å². The number of hydrogen-bond acceptors (Lipinski definition) is 0. The third-order valence-corrected chi connectivity index (χ3v) is 22.2. The van der Waals surface area contributed by atoms with Crippen LogP contribution in [0.25, 0.3) is 176 Å². The highest BCUT2D eigenvalue weighted by atomic mass is 14.4. The summed E-state index contributed by atoms with van der Waals surface area (Å²) < 4.78 is 0. The Labute approximate surface area is 584 Å². The molecule has 2 aliphatic carbocycles. The largest absolute Gasteiger partial charge is 0.0622 e. The summed E-state index contributed by atoms with van der Waals surface area (Å²) in [5, 5.41) is 18.0. The summed E-state index contributed by atoms with van der Waals surface area (Å²) >= 11 is 0. The van der Waals surface area contributed by atoms with Gasteiger partial charge in [-0.1, -0.05) is 355 Å². The van der Waals surface area contributed by atoms with Gasteiger partial charge in [-0.2, -0.15) is 0 Å². The van der Waals surface area contributed by atoms with E-state index in [1.807, 2.05) is 0 Å². The Morgan fingerprint density at radius 3 is 1.02 bits per heavy atom. The molecule has 0 unspecified atom stereocenters. The third kappa shape index (κ3) is 9.35. The molecular weight excluding hydrogens is 1200 g/mol. The van der Waals surface area contributed by atoms with Crippen molar-refractivity contribution >= 4 is 75.4 Å². The Hall–Kier alpha value is -12.2. The van der Waals surface area contributed by atoms with Gasteiger partial charge in [0.25, 0.3) is 0 Å². The van der Waals surface area contributed by atoms with E-state index in [0.29, 0.717) is 0 Å². The topological polar surface area (TPSA) is 0 Å². The Bertz CT molecular complexity index is 6260. The van der Waals surface area contributed by atoms with E-state index in [9.17, 15) is 0 Å². The van der Waals surface area contributed by atoms with Gasteiger partial charge in [0.1, 0.15) is 0 Å². The van der Waals surface area contributed by atoms with Crippen molar-refractivity contribution in [3.05, 3.63) is 374 Å². The van der Waals surface area contributed by atoms with Crippen molar-refractivity contribution in [2.24, 2.45) is 0 Å². The van der Waals surface area contributed by atoms with Crippen LogP contribution in [-0.4, -0.2) is 0 Å². The first-order valence-corrected chi connectivity index (χ1v) is 35.2. The number of benzene rings is 18. The van der Waals surface area contributed by atoms with Crippen molar-refractivity contribution in [3.63, 3.8) is 0 Å². The van der Waals surface area contributed by atoms with Crippen LogP contribution in [0.4, 0.5) is 0 Å². The molecule has 0 heterocycles. The van der Waals surface area contributed by atoms with Crippen LogP contribution in [0.1, 0.15) is 49.9 Å². The first-order valence-electron chi connectivity index (χ1n) is 35.2. The van der Waals surface area contributed by atoms with E-state index in [1.165, 1.54) is 198 Å². The lowest BCUT2D eigenvalue weighted by atomic mass is 9.80. The lowest BCUT2D eigenvalue weighted by Gasteiger charge is -2.23. The third-order valence-electron chi connectivity index (χ3n) is 22.2. The van der Waals surface area contributed by atoms with Gasteiger partial charge in [0.2, 0.25) is 0 Å². The summed E-state index contributed by atoms with van der Waals surface area (Å²) in [6, 6.07) is 130. The summed E-state index contributed by atoms with van der Waals surface area (Å²) in [5.41, 5.74) is 28.6. The molecule has 0 nitrogen and oxygen atoms in total. The molecule has 470 valence electrons. The highest BCUT2D eigenvalue weighted by molar-refractivity contribution is 6.24. The second-order valence-electron chi connectivity index (χ2n) is 28.5. The van der Waals surface area contributed by atoms with Gasteiger partial charge in [0, 0.05) is 10.8 Å². The lowest BCUT2D eigenvalue weighted by Crippen LogP contribution is -2.15. The van der Waals surface area contributed by atoms with E-state index < -0.39 is 0 Å². The molecule has 0 radical (unpaired) electrons. The van der Waals surface area contributed by atoms with Gasteiger partial charge in [-0.15, -0.1) is 0 Å². The van der Waals surface area contributed by atoms with Crippen LogP contribution in [0, 0.1) is 0 Å². The standard InChI is InChI=1S/C55H38.C45H32/c1-55(2)51-32-30-40(34-50(51)49-31-29-37-14-5-6-17-43(37)54(49)55)36-23-26-38(27-24-36)52-45-19-9-11-21-47(45)53(48-22-12-10-20-46(48)52)44-18-8-7-16-42(44)41-28-25-35-13-3-4-15-39(35)33-41;1-45(2)41-26-24-33(28-40(41)39-25-23-30-15-6-7-18-34(30)44(39)45)43-37-21-10-8-19-35(37)42(36-20-9-11-22-38(36)43)32-17-12-16-31(27-32)29-13-4-3-5-14-29/h3-34H,1-2H3;3-28H,1-2H3. The zero-order chi connectivity index (χ0) is 66.8. The van der Waals surface area contributed by atoms with E-state index in [1.54, 1.807) is 0 Å². The Balaban J connectivity index is 0.000000142. The summed E-state index contributed by atoms with van der Waals surface area (Å²) in [5.74, 6) is 0. The molecule has 0 N–H and O–H groups in total. The van der Waals surface area contributed by atoms with Crippen molar-refractivity contribution in [2.45, 2.75) is 38.5 Å². The molecule has 2 aliphatic rings. The van der Waals surface area contributed by atoms with Crippen molar-refractivity contribution in [2.75, 3.05) is 0 Å². The number of fused-ring (bicyclic) bond motifs is 15. The fraction of sp³-hybridized carbons (Fsp3) is 0.0600. The maximum Gasteiger partial charge on any atom is 0.0165 e. The molecule has 18 aromatic carbocycles. The maximum atomic E-state index is 2.46. The summed E-state index contributed by atoms with van der Waals surface area (Å²) in [7, 11) is 0. The van der Waals surface area contributed by atoms with E-state index in [4.69, 9.17) is 0 Å². The average molecular weight is 1270 g/mol. The molecule has 0 saturated heterocycles. The van der Waals surface area contributed by atoms with Gasteiger partial charge in [-0.25, -0.2) is 0 Å². The Morgan fingerprint density at radius 1 is 0.160 bits per heavy atom. The molecule has 0 bridgehead atoms. The van der Waals surface area contributed by atoms with E-state index in [0.717, 1.165) is 0 Å². The Kier molecular flexibility index (Phi) is 13.7. The van der Waals surface area contributed by atoms with Crippen molar-refractivity contribution < 1.29 is 0 Å². The van der Waals surface area contributed by atoms with Gasteiger partial charge < -0.3 is 0 Å². The predicted molar refractivity (Wildman–Crippen MR) is 429 cm³/mol. The first-order chi connectivity index (χ1) is 49.1. The lowest BCUT2D eigenvalue weighted by molar-refractivity contribution is 0.666. The van der Waals surface area contributed by atoms with Crippen LogP contribution in [0.3, 0.4) is 0 Å². The molecule has 0 spiro atoms. The fourth-order valence-corrected chi connectivity index (χ4v) is 17.7. The monoisotopic (exact) mass is 1270 g/mol. The van der Waals surface area contributed by atoms with Gasteiger partial charge >= 0.3 is 0 Å². The highest BCUT2D eigenvalue weighted by Gasteiger charge is 2.39. The van der Waals surface area contributed by atoms with Crippen molar-refractivity contribution in [3.8, 4) is 100 Å². The van der Waals surface area contributed by atoms with Crippen molar-refractivity contribution in [1.82, 2.24) is 0 Å². The summed E-state index contributed by atoms with van der Waals surface area (Å²) in [6.45, 7) is 9.51. The van der Waals surface area contributed by atoms with E-state index >= 15 is 0 Å². The van der Waals surface area contributed by atoms with Gasteiger partial charge in [-0.3, -0.25) is 0 Å². The quantitative estimate of drug-likeness (QED) is 0.140. The predicted octanol–water partition coefficient (Wildman–Crippen LogP) is 27.7. The summed E-state index contributed by atoms with van der Waals surface area (Å²) in [4.78, 5) is 0. The molecule has 0 fully saturated rings. The van der Waals surface area contributed by atoms with Gasteiger partial charge in [0.05, 0.1) is 0 Å². The first kappa shape index (κ1) is 59.1. The van der Waals surface area contributed by atoms with E-state index in [-0.39, 0.29) is 10.8 Å². The molecule has 20 rings (SSSR count).